The van der Waals surface area contributed by atoms with Crippen molar-refractivity contribution in [1.82, 2.24) is 26.2 Å². The first kappa shape index (κ1) is 45.8. The largest absolute Gasteiger partial charge is 0.480 e. The van der Waals surface area contributed by atoms with E-state index in [-0.39, 0.29) is 82.4 Å². The van der Waals surface area contributed by atoms with Crippen LogP contribution in [-0.2, 0) is 33.6 Å². The van der Waals surface area contributed by atoms with E-state index in [1.54, 1.807) is 13.8 Å². The van der Waals surface area contributed by atoms with Gasteiger partial charge in [-0.1, -0.05) is 13.8 Å². The normalized spacial score (nSPS) is 17.2. The number of nitrogens with zero attached hydrogens (tertiary/aromatic N) is 3. The van der Waals surface area contributed by atoms with E-state index in [1.165, 1.54) is 11.8 Å². The maximum absolute atomic E-state index is 13.7. The first-order chi connectivity index (χ1) is 24.8. The molecule has 7 atom stereocenters. The molecule has 1 heterocycles. The number of hydrogen-bond donors (Lipinski definition) is 12. The number of aliphatic hydroxyl groups is 1. The number of aliphatic carboxylic acids is 1. The van der Waals surface area contributed by atoms with Crippen LogP contribution in [0, 0.1) is 5.92 Å². The third kappa shape index (κ3) is 16.3. The van der Waals surface area contributed by atoms with Gasteiger partial charge < -0.3 is 70.8 Å². The third-order valence-corrected chi connectivity index (χ3v) is 8.36. The number of aliphatic hydroxyl groups excluding tert-OH is 1. The highest BCUT2D eigenvalue weighted by Crippen LogP contribution is 2.20. The lowest BCUT2D eigenvalue weighted by Crippen LogP contribution is -2.60. The van der Waals surface area contributed by atoms with Gasteiger partial charge in [0.05, 0.1) is 12.1 Å². The van der Waals surface area contributed by atoms with Crippen LogP contribution in [-0.4, -0.2) is 130 Å². The Morgan fingerprint density at radius 2 is 1.26 bits per heavy atom. The minimum Gasteiger partial charge on any atom is -0.480 e. The van der Waals surface area contributed by atoms with Gasteiger partial charge in [0.1, 0.15) is 30.2 Å². The highest BCUT2D eigenvalue weighted by molar-refractivity contribution is 5.97. The zero-order valence-electron chi connectivity index (χ0n) is 30.5. The second-order valence-corrected chi connectivity index (χ2v) is 13.1. The summed E-state index contributed by atoms with van der Waals surface area (Å²) in [6.07, 6.45) is -1.19. The van der Waals surface area contributed by atoms with Gasteiger partial charge in [-0.3, -0.25) is 38.8 Å². The van der Waals surface area contributed by atoms with Crippen LogP contribution in [0.15, 0.2) is 9.98 Å². The Morgan fingerprint density at radius 3 is 1.74 bits per heavy atom. The number of carboxylic acids is 1. The number of hydrogen-bond acceptors (Lipinski definition) is 11. The quantitative estimate of drug-likeness (QED) is 0.0263. The number of carboxylic acid groups (broad SMARTS) is 1. The van der Waals surface area contributed by atoms with Crippen molar-refractivity contribution < 1.29 is 43.8 Å². The van der Waals surface area contributed by atoms with Gasteiger partial charge in [-0.05, 0) is 57.8 Å². The van der Waals surface area contributed by atoms with Crippen molar-refractivity contribution in [3.63, 3.8) is 0 Å². The molecule has 0 unspecified atom stereocenters. The molecule has 1 aliphatic rings. The topological polar surface area (TPSA) is 392 Å². The molecule has 300 valence electrons. The molecule has 53 heavy (non-hydrogen) atoms. The minimum absolute atomic E-state index is 0.0544. The van der Waals surface area contributed by atoms with Gasteiger partial charge in [-0.15, -0.1) is 0 Å². The van der Waals surface area contributed by atoms with E-state index in [1.807, 2.05) is 0 Å². The predicted octanol–water partition coefficient (Wildman–Crippen LogP) is -5.26. The van der Waals surface area contributed by atoms with Crippen molar-refractivity contribution in [1.29, 1.82) is 0 Å². The monoisotopic (exact) mass is 755 g/mol. The average molecular weight is 756 g/mol. The third-order valence-electron chi connectivity index (χ3n) is 8.36. The first-order valence-corrected chi connectivity index (χ1v) is 17.3. The summed E-state index contributed by atoms with van der Waals surface area (Å²) in [4.78, 5) is 99.3. The van der Waals surface area contributed by atoms with Crippen molar-refractivity contribution in [2.24, 2.45) is 50.3 Å². The molecule has 18 N–H and O–H groups in total. The van der Waals surface area contributed by atoms with Crippen LogP contribution in [0.1, 0.15) is 72.1 Å². The standard InChI is InChI=1S/C31H57N13O9/c1-15(2)22(33)27(50)43-23(16(3)45)28(51)44-14-6-9-20(44)26(49)41-17(7-4-12-38-30(34)35)24(47)40-18(10-11-21(32)46)25(48)42-19(29(52)53)8-5-13-39-31(36)37/h15-20,22-23,45H,4-14,33H2,1-3H3,(H2,32,46)(H,40,47)(H,41,49)(H,42,48)(H,43,50)(H,52,53)(H4,34,35,38)(H4,36,37,39)/t16-,17+,18+,19+,20+,22+,23+/m1/s1. The zero-order valence-corrected chi connectivity index (χ0v) is 30.5. The van der Waals surface area contributed by atoms with Gasteiger partial charge in [0.2, 0.25) is 35.4 Å². The number of nitrogens with two attached hydrogens (primary N) is 6. The van der Waals surface area contributed by atoms with Crippen LogP contribution in [0.5, 0.6) is 0 Å². The number of likely N-dealkylation sites (tertiary alicyclic amines) is 1. The fourth-order valence-corrected chi connectivity index (χ4v) is 5.32. The molecular weight excluding hydrogens is 698 g/mol. The molecule has 0 aromatic rings. The number of aliphatic imine (C=N–C) groups is 2. The molecule has 22 nitrogen and oxygen atoms in total. The number of rotatable bonds is 23. The fraction of sp³-hybridized carbons (Fsp3) is 0.710. The number of nitrogens with one attached hydrogen (secondary N) is 4. The van der Waals surface area contributed by atoms with E-state index in [0.29, 0.717) is 6.42 Å². The highest BCUT2D eigenvalue weighted by atomic mass is 16.4. The number of amides is 6. The fourth-order valence-electron chi connectivity index (χ4n) is 5.32. The minimum atomic E-state index is -1.45. The molecule has 1 rings (SSSR count). The van der Waals surface area contributed by atoms with Gasteiger partial charge in [0.25, 0.3) is 0 Å². The second kappa shape index (κ2) is 22.6. The summed E-state index contributed by atoms with van der Waals surface area (Å²) in [6, 6.07) is -7.66. The Kier molecular flexibility index (Phi) is 19.5. The van der Waals surface area contributed by atoms with Crippen LogP contribution in [0.3, 0.4) is 0 Å². The summed E-state index contributed by atoms with van der Waals surface area (Å²) in [5.74, 6) is -6.77. The number of primary amides is 1. The van der Waals surface area contributed by atoms with Crippen molar-refractivity contribution in [3.8, 4) is 0 Å². The van der Waals surface area contributed by atoms with E-state index in [0.717, 1.165) is 0 Å². The van der Waals surface area contributed by atoms with E-state index in [2.05, 4.69) is 31.3 Å². The Labute approximate surface area is 307 Å². The molecule has 0 aromatic heterocycles. The molecule has 1 saturated heterocycles. The summed E-state index contributed by atoms with van der Waals surface area (Å²) < 4.78 is 0. The molecule has 0 bridgehead atoms. The molecule has 0 aromatic carbocycles. The lowest BCUT2D eigenvalue weighted by molar-refractivity contribution is -0.144. The van der Waals surface area contributed by atoms with E-state index in [4.69, 9.17) is 34.4 Å². The molecule has 0 radical (unpaired) electrons. The second-order valence-electron chi connectivity index (χ2n) is 13.1. The molecular formula is C31H57N13O9. The number of carbonyl (C=O) groups excluding carboxylic acids is 6. The van der Waals surface area contributed by atoms with Crippen molar-refractivity contribution in [2.75, 3.05) is 19.6 Å². The molecule has 1 fully saturated rings. The van der Waals surface area contributed by atoms with E-state index < -0.39 is 83.8 Å². The van der Waals surface area contributed by atoms with Crippen LogP contribution in [0.4, 0.5) is 0 Å². The molecule has 0 aliphatic carbocycles. The molecule has 0 saturated carbocycles. The predicted molar refractivity (Wildman–Crippen MR) is 193 cm³/mol. The molecule has 6 amide bonds. The van der Waals surface area contributed by atoms with Crippen LogP contribution < -0.4 is 55.7 Å². The maximum atomic E-state index is 13.7. The Balaban J connectivity index is 3.27. The number of guanidine groups is 2. The summed E-state index contributed by atoms with van der Waals surface area (Å²) >= 11 is 0. The van der Waals surface area contributed by atoms with Crippen LogP contribution in [0.25, 0.3) is 0 Å². The smallest absolute Gasteiger partial charge is 0.326 e. The van der Waals surface area contributed by atoms with Crippen molar-refractivity contribution in [3.05, 3.63) is 0 Å². The molecule has 0 spiro atoms. The van der Waals surface area contributed by atoms with Gasteiger partial charge in [-0.25, -0.2) is 4.79 Å². The van der Waals surface area contributed by atoms with E-state index >= 15 is 0 Å². The Hall–Kier alpha value is -5.25. The lowest BCUT2D eigenvalue weighted by atomic mass is 10.0. The summed E-state index contributed by atoms with van der Waals surface area (Å²) in [6.45, 7) is 5.01. The maximum Gasteiger partial charge on any atom is 0.326 e. The summed E-state index contributed by atoms with van der Waals surface area (Å²) in [5.41, 5.74) is 32.6. The van der Waals surface area contributed by atoms with Gasteiger partial charge >= 0.3 is 5.97 Å². The van der Waals surface area contributed by atoms with Crippen LogP contribution in [0.2, 0.25) is 0 Å². The van der Waals surface area contributed by atoms with Crippen LogP contribution >= 0.6 is 0 Å². The molecule has 22 heteroatoms. The summed E-state index contributed by atoms with van der Waals surface area (Å²) in [7, 11) is 0. The van der Waals surface area contributed by atoms with Gasteiger partial charge in [0.15, 0.2) is 11.9 Å². The van der Waals surface area contributed by atoms with E-state index in [9.17, 15) is 43.8 Å². The lowest BCUT2D eigenvalue weighted by Gasteiger charge is -2.31. The van der Waals surface area contributed by atoms with Crippen molar-refractivity contribution >= 4 is 53.3 Å². The van der Waals surface area contributed by atoms with Gasteiger partial charge in [0, 0.05) is 26.1 Å². The van der Waals surface area contributed by atoms with Gasteiger partial charge in [-0.2, -0.15) is 0 Å². The highest BCUT2D eigenvalue weighted by Gasteiger charge is 2.41. The average Bonchev–Trinajstić information content (AvgIpc) is 3.57. The Morgan fingerprint density at radius 1 is 0.755 bits per heavy atom. The molecule has 1 aliphatic heterocycles. The zero-order chi connectivity index (χ0) is 40.4. The Bertz CT molecular complexity index is 1350. The van der Waals surface area contributed by atoms with Crippen molar-refractivity contribution in [2.45, 2.75) is 114 Å². The summed E-state index contributed by atoms with van der Waals surface area (Å²) in [5, 5.41) is 29.9. The SMILES string of the molecule is CC(C)[C@H](N)C(=O)N[C@H](C(=O)N1CCC[C@H]1C(=O)N[C@@H](CCCN=C(N)N)C(=O)N[C@@H](CCC(N)=O)C(=O)N[C@@H](CCCN=C(N)N)C(=O)O)[C@@H](C)O. The first-order valence-electron chi connectivity index (χ1n) is 17.3. The number of carbonyl (C=O) groups is 7.